The van der Waals surface area contributed by atoms with Gasteiger partial charge in [0.05, 0.1) is 0 Å². The van der Waals surface area contributed by atoms with E-state index < -0.39 is 11.2 Å². The lowest BCUT2D eigenvalue weighted by Gasteiger charge is -2.15. The van der Waals surface area contributed by atoms with Crippen molar-refractivity contribution < 1.29 is 9.18 Å². The Labute approximate surface area is 76.8 Å². The molecule has 0 saturated carbocycles. The van der Waals surface area contributed by atoms with Crippen molar-refractivity contribution in [3.8, 4) is 0 Å². The van der Waals surface area contributed by atoms with Gasteiger partial charge in [-0.25, -0.2) is 4.39 Å². The van der Waals surface area contributed by atoms with Gasteiger partial charge in [-0.05, 0) is 12.1 Å². The van der Waals surface area contributed by atoms with Gasteiger partial charge < -0.3 is 0 Å². The van der Waals surface area contributed by atoms with Crippen LogP contribution in [0.2, 0.25) is 0 Å². The molecule has 0 unspecified atom stereocenters. The van der Waals surface area contributed by atoms with Crippen molar-refractivity contribution in [2.75, 3.05) is 0 Å². The van der Waals surface area contributed by atoms with E-state index in [9.17, 15) is 9.18 Å². The molecular formula is C10H12FNO. The summed E-state index contributed by atoms with van der Waals surface area (Å²) in [5.41, 5.74) is -0.662. The van der Waals surface area contributed by atoms with E-state index in [0.29, 0.717) is 0 Å². The van der Waals surface area contributed by atoms with Gasteiger partial charge in [0.15, 0.2) is 11.6 Å². The predicted octanol–water partition coefficient (Wildman–Crippen LogP) is 2.45. The van der Waals surface area contributed by atoms with Crippen LogP contribution in [0.3, 0.4) is 0 Å². The minimum atomic E-state index is -0.588. The summed E-state index contributed by atoms with van der Waals surface area (Å²) < 4.78 is 13.1. The number of rotatable bonds is 1. The van der Waals surface area contributed by atoms with Crippen molar-refractivity contribution in [2.24, 2.45) is 5.41 Å². The highest BCUT2D eigenvalue weighted by molar-refractivity contribution is 5.98. The number of ketones is 1. The van der Waals surface area contributed by atoms with Crippen LogP contribution in [0, 0.1) is 11.2 Å². The second-order valence-electron chi connectivity index (χ2n) is 3.91. The molecule has 0 bridgehead atoms. The van der Waals surface area contributed by atoms with Crippen LogP contribution >= 0.6 is 0 Å². The molecule has 0 aliphatic carbocycles. The van der Waals surface area contributed by atoms with Crippen molar-refractivity contribution in [3.05, 3.63) is 29.8 Å². The maximum Gasteiger partial charge on any atom is 0.189 e. The molecule has 0 saturated heterocycles. The number of pyridine rings is 1. The summed E-state index contributed by atoms with van der Waals surface area (Å²) in [7, 11) is 0. The number of carbonyl (C=O) groups is 1. The minimum absolute atomic E-state index is 0.0741. The van der Waals surface area contributed by atoms with Crippen LogP contribution in [-0.2, 0) is 0 Å². The van der Waals surface area contributed by atoms with E-state index >= 15 is 0 Å². The summed E-state index contributed by atoms with van der Waals surface area (Å²) in [6.45, 7) is 5.22. The highest BCUT2D eigenvalue weighted by Gasteiger charge is 2.26. The van der Waals surface area contributed by atoms with Crippen LogP contribution < -0.4 is 0 Å². The van der Waals surface area contributed by atoms with Gasteiger partial charge in [-0.2, -0.15) is 0 Å². The molecule has 0 aromatic carbocycles. The Morgan fingerprint density at radius 2 is 2.08 bits per heavy atom. The molecule has 1 aromatic heterocycles. The van der Waals surface area contributed by atoms with Gasteiger partial charge in [-0.15, -0.1) is 0 Å². The Bertz CT molecular complexity index is 328. The molecule has 13 heavy (non-hydrogen) atoms. The summed E-state index contributed by atoms with van der Waals surface area (Å²) in [6, 6.07) is 2.71. The fourth-order valence-corrected chi connectivity index (χ4v) is 0.908. The smallest absolute Gasteiger partial charge is 0.189 e. The summed E-state index contributed by atoms with van der Waals surface area (Å²) in [4.78, 5) is 15.3. The zero-order valence-corrected chi connectivity index (χ0v) is 7.97. The van der Waals surface area contributed by atoms with Gasteiger partial charge in [-0.1, -0.05) is 20.8 Å². The lowest BCUT2D eigenvalue weighted by atomic mass is 9.88. The molecule has 2 nitrogen and oxygen atoms in total. The molecular weight excluding hydrogens is 169 g/mol. The molecule has 70 valence electrons. The summed E-state index contributed by atoms with van der Waals surface area (Å²) in [6.07, 6.45) is 1.42. The molecule has 0 amide bonds. The van der Waals surface area contributed by atoms with E-state index in [1.807, 2.05) is 0 Å². The summed E-state index contributed by atoms with van der Waals surface area (Å²) in [5.74, 6) is -0.826. The number of Topliss-reactive ketones (excluding diaryl/α,β-unsaturated/α-hetero) is 1. The van der Waals surface area contributed by atoms with E-state index in [1.54, 1.807) is 20.8 Å². The first-order valence-corrected chi connectivity index (χ1v) is 4.08. The number of hydrogen-bond donors (Lipinski definition) is 0. The Hall–Kier alpha value is -1.25. The Balaban J connectivity index is 3.10. The normalized spacial score (nSPS) is 11.4. The van der Waals surface area contributed by atoms with E-state index in [2.05, 4.69) is 4.98 Å². The number of aromatic nitrogens is 1. The van der Waals surface area contributed by atoms with Crippen LogP contribution in [0.25, 0.3) is 0 Å². The molecule has 0 radical (unpaired) electrons. The van der Waals surface area contributed by atoms with Crippen molar-refractivity contribution >= 4 is 5.78 Å². The Kier molecular flexibility index (Phi) is 2.45. The molecule has 0 N–H and O–H groups in total. The largest absolute Gasteiger partial charge is 0.292 e. The van der Waals surface area contributed by atoms with E-state index in [-0.39, 0.29) is 11.5 Å². The summed E-state index contributed by atoms with van der Waals surface area (Å²) in [5, 5.41) is 0. The molecule has 0 atom stereocenters. The topological polar surface area (TPSA) is 30.0 Å². The van der Waals surface area contributed by atoms with Gasteiger partial charge in [0.25, 0.3) is 0 Å². The molecule has 0 aliphatic rings. The monoisotopic (exact) mass is 181 g/mol. The van der Waals surface area contributed by atoms with Gasteiger partial charge in [0.1, 0.15) is 5.69 Å². The first-order valence-electron chi connectivity index (χ1n) is 4.08. The predicted molar refractivity (Wildman–Crippen MR) is 48.0 cm³/mol. The van der Waals surface area contributed by atoms with E-state index in [0.717, 1.165) is 0 Å². The number of halogens is 1. The SMILES string of the molecule is CC(C)(C)C(=O)c1ncccc1F. The third-order valence-electron chi connectivity index (χ3n) is 1.65. The van der Waals surface area contributed by atoms with E-state index in [1.165, 1.54) is 18.3 Å². The van der Waals surface area contributed by atoms with E-state index in [4.69, 9.17) is 0 Å². The molecule has 0 spiro atoms. The van der Waals surface area contributed by atoms with Crippen LogP contribution in [0.1, 0.15) is 31.3 Å². The van der Waals surface area contributed by atoms with Crippen molar-refractivity contribution in [1.29, 1.82) is 0 Å². The van der Waals surface area contributed by atoms with Crippen LogP contribution in [-0.4, -0.2) is 10.8 Å². The van der Waals surface area contributed by atoms with Gasteiger partial charge in [0.2, 0.25) is 0 Å². The molecule has 0 fully saturated rings. The number of hydrogen-bond acceptors (Lipinski definition) is 2. The Morgan fingerprint density at radius 3 is 2.54 bits per heavy atom. The maximum absolute atomic E-state index is 13.1. The minimum Gasteiger partial charge on any atom is -0.292 e. The van der Waals surface area contributed by atoms with Crippen LogP contribution in [0.5, 0.6) is 0 Å². The highest BCUT2D eigenvalue weighted by atomic mass is 19.1. The molecule has 1 heterocycles. The van der Waals surface area contributed by atoms with Gasteiger partial charge >= 0.3 is 0 Å². The van der Waals surface area contributed by atoms with Crippen molar-refractivity contribution in [2.45, 2.75) is 20.8 Å². The maximum atomic E-state index is 13.1. The second-order valence-corrected chi connectivity index (χ2v) is 3.91. The van der Waals surface area contributed by atoms with Crippen LogP contribution in [0.4, 0.5) is 4.39 Å². The fraction of sp³-hybridized carbons (Fsp3) is 0.400. The first-order chi connectivity index (χ1) is 5.93. The quantitative estimate of drug-likeness (QED) is 0.623. The Morgan fingerprint density at radius 1 is 1.46 bits per heavy atom. The standard InChI is InChI=1S/C10H12FNO/c1-10(2,3)9(13)8-7(11)5-4-6-12-8/h4-6H,1-3H3. The first kappa shape index (κ1) is 9.84. The second kappa shape index (κ2) is 3.24. The molecule has 3 heteroatoms. The third-order valence-corrected chi connectivity index (χ3v) is 1.65. The van der Waals surface area contributed by atoms with Gasteiger partial charge in [-0.3, -0.25) is 9.78 Å². The number of nitrogens with zero attached hydrogens (tertiary/aromatic N) is 1. The lowest BCUT2D eigenvalue weighted by molar-refractivity contribution is 0.0848. The molecule has 0 aliphatic heterocycles. The summed E-state index contributed by atoms with van der Waals surface area (Å²) >= 11 is 0. The fourth-order valence-electron chi connectivity index (χ4n) is 0.908. The average molecular weight is 181 g/mol. The zero-order chi connectivity index (χ0) is 10.1. The molecule has 1 aromatic rings. The highest BCUT2D eigenvalue weighted by Crippen LogP contribution is 2.20. The molecule has 1 rings (SSSR count). The van der Waals surface area contributed by atoms with Crippen molar-refractivity contribution in [3.63, 3.8) is 0 Å². The van der Waals surface area contributed by atoms with Crippen LogP contribution in [0.15, 0.2) is 18.3 Å². The zero-order valence-electron chi connectivity index (χ0n) is 7.97. The third kappa shape index (κ3) is 2.11. The van der Waals surface area contributed by atoms with Crippen molar-refractivity contribution in [1.82, 2.24) is 4.98 Å². The van der Waals surface area contributed by atoms with Gasteiger partial charge in [0, 0.05) is 11.6 Å². The number of carbonyl (C=O) groups excluding carboxylic acids is 1. The lowest BCUT2D eigenvalue weighted by Crippen LogP contribution is -2.22. The average Bonchev–Trinajstić information content (AvgIpc) is 2.02.